The summed E-state index contributed by atoms with van der Waals surface area (Å²) in [5.41, 5.74) is 2.46. The molecule has 0 spiro atoms. The number of carbonyl (C=O) groups excluding carboxylic acids is 2. The van der Waals surface area contributed by atoms with E-state index >= 15 is 0 Å². The van der Waals surface area contributed by atoms with Crippen molar-refractivity contribution >= 4 is 21.9 Å². The number of nitrogens with one attached hydrogen (secondary N) is 2. The second-order valence-corrected chi connectivity index (χ2v) is 8.90. The van der Waals surface area contributed by atoms with Gasteiger partial charge in [-0.25, -0.2) is 13.2 Å². The number of nitrogens with zero attached hydrogens (tertiary/aromatic N) is 1. The van der Waals surface area contributed by atoms with Crippen molar-refractivity contribution in [3.63, 3.8) is 0 Å². The largest absolute Gasteiger partial charge is 0.465 e. The van der Waals surface area contributed by atoms with Crippen LogP contribution in [0, 0.1) is 13.8 Å². The standard InChI is InChI=1S/C20H25N3O6S/c1-13-17(20(25)28-3)14(2)22-18(13)19(24)21-12-15-4-6-16(7-5-15)30(26,27)23-8-10-29-11-9-23/h4-7,22H,8-12H2,1-3H3,(H,21,24). The molecule has 1 aliphatic rings. The number of aryl methyl sites for hydroxylation is 1. The van der Waals surface area contributed by atoms with E-state index in [-0.39, 0.29) is 17.3 Å². The molecular formula is C20H25N3O6S. The van der Waals surface area contributed by atoms with Crippen LogP contribution in [-0.4, -0.2) is 63.0 Å². The lowest BCUT2D eigenvalue weighted by Gasteiger charge is -2.26. The molecule has 1 fully saturated rings. The maximum atomic E-state index is 12.7. The maximum Gasteiger partial charge on any atom is 0.339 e. The highest BCUT2D eigenvalue weighted by atomic mass is 32.2. The summed E-state index contributed by atoms with van der Waals surface area (Å²) in [6, 6.07) is 6.40. The van der Waals surface area contributed by atoms with Crippen LogP contribution in [0.25, 0.3) is 0 Å². The van der Waals surface area contributed by atoms with E-state index < -0.39 is 16.0 Å². The monoisotopic (exact) mass is 435 g/mol. The topological polar surface area (TPSA) is 118 Å². The van der Waals surface area contributed by atoms with Gasteiger partial charge in [-0.1, -0.05) is 12.1 Å². The first-order valence-electron chi connectivity index (χ1n) is 9.48. The normalized spacial score (nSPS) is 15.0. The van der Waals surface area contributed by atoms with Gasteiger partial charge in [0.1, 0.15) is 5.69 Å². The lowest BCUT2D eigenvalue weighted by molar-refractivity contribution is 0.0599. The fourth-order valence-corrected chi connectivity index (χ4v) is 4.78. The number of benzene rings is 1. The van der Waals surface area contributed by atoms with E-state index in [4.69, 9.17) is 9.47 Å². The summed E-state index contributed by atoms with van der Waals surface area (Å²) in [7, 11) is -2.27. The molecule has 1 amide bonds. The molecule has 162 valence electrons. The van der Waals surface area contributed by atoms with Gasteiger partial charge in [-0.05, 0) is 37.1 Å². The van der Waals surface area contributed by atoms with Crippen LogP contribution >= 0.6 is 0 Å². The zero-order valence-corrected chi connectivity index (χ0v) is 18.0. The van der Waals surface area contributed by atoms with E-state index in [0.717, 1.165) is 5.56 Å². The van der Waals surface area contributed by atoms with Crippen LogP contribution in [0.3, 0.4) is 0 Å². The number of sulfonamides is 1. The molecule has 0 aliphatic carbocycles. The van der Waals surface area contributed by atoms with Gasteiger partial charge in [-0.2, -0.15) is 4.31 Å². The predicted octanol–water partition coefficient (Wildman–Crippen LogP) is 1.37. The zero-order valence-electron chi connectivity index (χ0n) is 17.1. The van der Waals surface area contributed by atoms with Crippen molar-refractivity contribution in [3.8, 4) is 0 Å². The molecule has 0 saturated carbocycles. The molecule has 30 heavy (non-hydrogen) atoms. The highest BCUT2D eigenvalue weighted by Gasteiger charge is 2.26. The average Bonchev–Trinajstić information content (AvgIpc) is 3.06. The van der Waals surface area contributed by atoms with Gasteiger partial charge in [0.25, 0.3) is 5.91 Å². The van der Waals surface area contributed by atoms with Crippen LogP contribution in [0.15, 0.2) is 29.2 Å². The quantitative estimate of drug-likeness (QED) is 0.662. The maximum absolute atomic E-state index is 12.7. The third-order valence-electron chi connectivity index (χ3n) is 5.04. The Morgan fingerprint density at radius 3 is 2.40 bits per heavy atom. The van der Waals surface area contributed by atoms with Crippen LogP contribution in [0.2, 0.25) is 0 Å². The molecule has 1 aromatic heterocycles. The van der Waals surface area contributed by atoms with Crippen LogP contribution in [0.4, 0.5) is 0 Å². The van der Waals surface area contributed by atoms with Gasteiger partial charge in [-0.15, -0.1) is 0 Å². The van der Waals surface area contributed by atoms with Crippen molar-refractivity contribution in [3.05, 3.63) is 52.3 Å². The van der Waals surface area contributed by atoms with E-state index in [9.17, 15) is 18.0 Å². The molecule has 1 aliphatic heterocycles. The van der Waals surface area contributed by atoms with Crippen LogP contribution < -0.4 is 5.32 Å². The lowest BCUT2D eigenvalue weighted by Crippen LogP contribution is -2.40. The minimum absolute atomic E-state index is 0.207. The number of hydrogen-bond donors (Lipinski definition) is 2. The number of hydrogen-bond acceptors (Lipinski definition) is 6. The van der Waals surface area contributed by atoms with E-state index in [1.807, 2.05) is 0 Å². The Bertz CT molecular complexity index is 1040. The number of ether oxygens (including phenoxy) is 2. The Morgan fingerprint density at radius 2 is 1.80 bits per heavy atom. The lowest BCUT2D eigenvalue weighted by atomic mass is 10.1. The molecule has 0 bridgehead atoms. The van der Waals surface area contributed by atoms with Crippen molar-refractivity contribution < 1.29 is 27.5 Å². The second-order valence-electron chi connectivity index (χ2n) is 6.96. The second kappa shape index (κ2) is 8.99. The van der Waals surface area contributed by atoms with Gasteiger partial charge in [0, 0.05) is 25.3 Å². The Hall–Kier alpha value is -2.69. The van der Waals surface area contributed by atoms with Crippen LogP contribution in [0.5, 0.6) is 0 Å². The van der Waals surface area contributed by atoms with Crippen molar-refractivity contribution in [2.24, 2.45) is 0 Å². The predicted molar refractivity (Wildman–Crippen MR) is 109 cm³/mol. The first kappa shape index (κ1) is 22.0. The van der Waals surface area contributed by atoms with Gasteiger partial charge in [0.2, 0.25) is 10.0 Å². The van der Waals surface area contributed by atoms with Crippen molar-refractivity contribution in [1.29, 1.82) is 0 Å². The summed E-state index contributed by atoms with van der Waals surface area (Å²) < 4.78 is 36.7. The fourth-order valence-electron chi connectivity index (χ4n) is 3.37. The summed E-state index contributed by atoms with van der Waals surface area (Å²) in [6.45, 7) is 5.03. The number of aromatic amines is 1. The smallest absolute Gasteiger partial charge is 0.339 e. The van der Waals surface area contributed by atoms with Crippen LogP contribution in [0.1, 0.15) is 37.7 Å². The SMILES string of the molecule is COC(=O)c1c(C)[nH]c(C(=O)NCc2ccc(S(=O)(=O)N3CCOCC3)cc2)c1C. The molecule has 2 aromatic rings. The van der Waals surface area contributed by atoms with Crippen molar-refractivity contribution in [1.82, 2.24) is 14.6 Å². The Morgan fingerprint density at radius 1 is 1.17 bits per heavy atom. The number of rotatable bonds is 6. The summed E-state index contributed by atoms with van der Waals surface area (Å²) >= 11 is 0. The average molecular weight is 436 g/mol. The van der Waals surface area contributed by atoms with Gasteiger partial charge in [-0.3, -0.25) is 4.79 Å². The summed E-state index contributed by atoms with van der Waals surface area (Å²) in [5.74, 6) is -0.867. The molecule has 0 unspecified atom stereocenters. The third-order valence-corrected chi connectivity index (χ3v) is 6.95. The van der Waals surface area contributed by atoms with Gasteiger partial charge in [0.05, 0.1) is 30.8 Å². The molecule has 1 saturated heterocycles. The summed E-state index contributed by atoms with van der Waals surface area (Å²) in [6.07, 6.45) is 0. The van der Waals surface area contributed by atoms with E-state index in [1.165, 1.54) is 23.5 Å². The number of aromatic nitrogens is 1. The fraction of sp³-hybridized carbons (Fsp3) is 0.400. The number of H-pyrrole nitrogens is 1. The Balaban J connectivity index is 1.67. The minimum Gasteiger partial charge on any atom is -0.465 e. The molecule has 0 atom stereocenters. The Kier molecular flexibility index (Phi) is 6.59. The van der Waals surface area contributed by atoms with Crippen molar-refractivity contribution in [2.45, 2.75) is 25.3 Å². The van der Waals surface area contributed by atoms with Gasteiger partial charge >= 0.3 is 5.97 Å². The van der Waals surface area contributed by atoms with Crippen molar-refractivity contribution in [2.75, 3.05) is 33.4 Å². The van der Waals surface area contributed by atoms with E-state index in [1.54, 1.807) is 26.0 Å². The summed E-state index contributed by atoms with van der Waals surface area (Å²) in [4.78, 5) is 27.5. The molecule has 9 nitrogen and oxygen atoms in total. The molecule has 2 N–H and O–H groups in total. The highest BCUT2D eigenvalue weighted by molar-refractivity contribution is 7.89. The Labute approximate surface area is 175 Å². The molecule has 0 radical (unpaired) electrons. The van der Waals surface area contributed by atoms with Gasteiger partial charge < -0.3 is 19.8 Å². The molecule has 10 heteroatoms. The number of methoxy groups -OCH3 is 1. The molecule has 1 aromatic carbocycles. The summed E-state index contributed by atoms with van der Waals surface area (Å²) in [5, 5.41) is 2.78. The molecular weight excluding hydrogens is 410 g/mol. The van der Waals surface area contributed by atoms with E-state index in [2.05, 4.69) is 10.3 Å². The number of amides is 1. The molecule has 3 rings (SSSR count). The number of esters is 1. The van der Waals surface area contributed by atoms with Crippen LogP contribution in [-0.2, 0) is 26.0 Å². The number of carbonyl (C=O) groups is 2. The number of morpholine rings is 1. The highest BCUT2D eigenvalue weighted by Crippen LogP contribution is 2.20. The first-order valence-corrected chi connectivity index (χ1v) is 10.9. The van der Waals surface area contributed by atoms with Gasteiger partial charge in [0.15, 0.2) is 0 Å². The van der Waals surface area contributed by atoms with E-state index in [0.29, 0.717) is 48.8 Å². The third kappa shape index (κ3) is 4.40. The molecule has 2 heterocycles. The minimum atomic E-state index is -3.55. The zero-order chi connectivity index (χ0) is 21.9. The first-order chi connectivity index (χ1) is 14.3.